The van der Waals surface area contributed by atoms with Crippen LogP contribution in [-0.2, 0) is 11.3 Å². The van der Waals surface area contributed by atoms with Crippen molar-refractivity contribution >= 4 is 17.5 Å². The van der Waals surface area contributed by atoms with Gasteiger partial charge in [0.1, 0.15) is 11.5 Å². The summed E-state index contributed by atoms with van der Waals surface area (Å²) in [6.45, 7) is 12.6. The van der Waals surface area contributed by atoms with Gasteiger partial charge >= 0.3 is 0 Å². The zero-order valence-corrected chi connectivity index (χ0v) is 21.6. The van der Waals surface area contributed by atoms with Gasteiger partial charge in [0.15, 0.2) is 0 Å². The molecule has 1 amide bonds. The highest BCUT2D eigenvalue weighted by Gasteiger charge is 2.20. The van der Waals surface area contributed by atoms with Crippen LogP contribution in [0, 0.1) is 0 Å². The number of halogens is 1. The molecule has 0 bridgehead atoms. The molecule has 0 fully saturated rings. The maximum absolute atomic E-state index is 13.2. The van der Waals surface area contributed by atoms with Crippen molar-refractivity contribution in [2.24, 2.45) is 0 Å². The first kappa shape index (κ1) is 27.2. The number of rotatable bonds is 15. The standard InChI is InChI=1S/C28H41ClN2O2/c1-5-8-9-15-28(32)31(23(4)12-11-20-30(6-2)7-3)22-24-13-10-14-27(21-24)33-26-18-16-25(29)17-19-26/h10,13-14,16-19,21,23H,5-9,11-12,15,20,22H2,1-4H3. The SMILES string of the molecule is CCCCCC(=O)N(Cc1cccc(Oc2ccc(Cl)cc2)c1)C(C)CCCN(CC)CC. The van der Waals surface area contributed by atoms with E-state index >= 15 is 0 Å². The lowest BCUT2D eigenvalue weighted by molar-refractivity contribution is -0.134. The minimum atomic E-state index is 0.204. The summed E-state index contributed by atoms with van der Waals surface area (Å²) in [6, 6.07) is 15.6. The third-order valence-corrected chi connectivity index (χ3v) is 6.39. The van der Waals surface area contributed by atoms with Crippen LogP contribution in [0.25, 0.3) is 0 Å². The predicted molar refractivity (Wildman–Crippen MR) is 139 cm³/mol. The van der Waals surface area contributed by atoms with Crippen LogP contribution in [0.15, 0.2) is 48.5 Å². The van der Waals surface area contributed by atoms with E-state index in [1.807, 2.05) is 42.5 Å². The van der Waals surface area contributed by atoms with Gasteiger partial charge in [-0.3, -0.25) is 4.79 Å². The zero-order chi connectivity index (χ0) is 24.1. The van der Waals surface area contributed by atoms with E-state index in [4.69, 9.17) is 16.3 Å². The Morgan fingerprint density at radius 1 is 0.970 bits per heavy atom. The van der Waals surface area contributed by atoms with E-state index in [2.05, 4.69) is 43.6 Å². The van der Waals surface area contributed by atoms with Gasteiger partial charge in [-0.25, -0.2) is 0 Å². The Kier molecular flexibility index (Phi) is 12.3. The average molecular weight is 473 g/mol. The highest BCUT2D eigenvalue weighted by molar-refractivity contribution is 6.30. The number of amides is 1. The van der Waals surface area contributed by atoms with Crippen molar-refractivity contribution in [2.45, 2.75) is 78.8 Å². The highest BCUT2D eigenvalue weighted by Crippen LogP contribution is 2.25. The maximum atomic E-state index is 13.2. The molecule has 33 heavy (non-hydrogen) atoms. The van der Waals surface area contributed by atoms with Gasteiger partial charge in [0.25, 0.3) is 0 Å². The summed E-state index contributed by atoms with van der Waals surface area (Å²) in [5.41, 5.74) is 1.08. The van der Waals surface area contributed by atoms with Gasteiger partial charge < -0.3 is 14.5 Å². The molecule has 0 N–H and O–H groups in total. The number of hydrogen-bond acceptors (Lipinski definition) is 3. The monoisotopic (exact) mass is 472 g/mol. The highest BCUT2D eigenvalue weighted by atomic mass is 35.5. The van der Waals surface area contributed by atoms with Crippen LogP contribution in [0.4, 0.5) is 0 Å². The molecule has 1 atom stereocenters. The molecule has 0 aromatic heterocycles. The third-order valence-electron chi connectivity index (χ3n) is 6.14. The van der Waals surface area contributed by atoms with E-state index in [-0.39, 0.29) is 11.9 Å². The van der Waals surface area contributed by atoms with Crippen molar-refractivity contribution in [1.29, 1.82) is 0 Å². The molecule has 2 aromatic carbocycles. The summed E-state index contributed by atoms with van der Waals surface area (Å²) in [6.07, 6.45) is 5.91. The van der Waals surface area contributed by atoms with E-state index in [1.54, 1.807) is 0 Å². The molecule has 2 rings (SSSR count). The van der Waals surface area contributed by atoms with Crippen LogP contribution in [0.5, 0.6) is 11.5 Å². The molecule has 0 spiro atoms. The lowest BCUT2D eigenvalue weighted by atomic mass is 10.1. The van der Waals surface area contributed by atoms with Gasteiger partial charge in [0.05, 0.1) is 0 Å². The van der Waals surface area contributed by atoms with Crippen LogP contribution in [0.3, 0.4) is 0 Å². The van der Waals surface area contributed by atoms with Gasteiger partial charge in [0.2, 0.25) is 5.91 Å². The number of carbonyl (C=O) groups is 1. The van der Waals surface area contributed by atoms with Crippen LogP contribution in [0.1, 0.15) is 71.8 Å². The Labute approximate surface area is 205 Å². The van der Waals surface area contributed by atoms with E-state index < -0.39 is 0 Å². The Balaban J connectivity index is 2.07. The van der Waals surface area contributed by atoms with E-state index in [0.717, 1.165) is 68.8 Å². The number of carbonyl (C=O) groups excluding carboxylic acids is 1. The Morgan fingerprint density at radius 3 is 2.36 bits per heavy atom. The van der Waals surface area contributed by atoms with Gasteiger partial charge in [-0.15, -0.1) is 0 Å². The number of ether oxygens (including phenoxy) is 1. The first-order valence-corrected chi connectivity index (χ1v) is 12.9. The first-order chi connectivity index (χ1) is 16.0. The van der Waals surface area contributed by atoms with E-state index in [1.165, 1.54) is 0 Å². The Bertz CT molecular complexity index is 821. The molecular weight excluding hydrogens is 432 g/mol. The normalized spacial score (nSPS) is 12.1. The van der Waals surface area contributed by atoms with Crippen molar-refractivity contribution in [3.8, 4) is 11.5 Å². The molecule has 0 heterocycles. The van der Waals surface area contributed by atoms with E-state index in [9.17, 15) is 4.79 Å². The summed E-state index contributed by atoms with van der Waals surface area (Å²) in [5, 5.41) is 0.684. The molecule has 0 saturated heterocycles. The summed E-state index contributed by atoms with van der Waals surface area (Å²) in [7, 11) is 0. The Morgan fingerprint density at radius 2 is 1.70 bits per heavy atom. The summed E-state index contributed by atoms with van der Waals surface area (Å²) in [5.74, 6) is 1.76. The average Bonchev–Trinajstić information content (AvgIpc) is 2.82. The predicted octanol–water partition coefficient (Wildman–Crippen LogP) is 7.55. The van der Waals surface area contributed by atoms with Crippen LogP contribution >= 0.6 is 11.6 Å². The minimum Gasteiger partial charge on any atom is -0.457 e. The molecular formula is C28H41ClN2O2. The van der Waals surface area contributed by atoms with Gasteiger partial charge in [-0.2, -0.15) is 0 Å². The molecule has 0 radical (unpaired) electrons. The van der Waals surface area contributed by atoms with Crippen molar-refractivity contribution in [3.05, 3.63) is 59.1 Å². The van der Waals surface area contributed by atoms with Crippen molar-refractivity contribution in [1.82, 2.24) is 9.80 Å². The smallest absolute Gasteiger partial charge is 0.223 e. The number of hydrogen-bond donors (Lipinski definition) is 0. The van der Waals surface area contributed by atoms with Crippen molar-refractivity contribution in [3.63, 3.8) is 0 Å². The Hall–Kier alpha value is -2.04. The second-order valence-corrected chi connectivity index (χ2v) is 9.14. The topological polar surface area (TPSA) is 32.8 Å². The van der Waals surface area contributed by atoms with Gasteiger partial charge in [-0.1, -0.05) is 57.3 Å². The summed E-state index contributed by atoms with van der Waals surface area (Å²) in [4.78, 5) is 17.7. The molecule has 1 unspecified atom stereocenters. The fourth-order valence-electron chi connectivity index (χ4n) is 4.01. The summed E-state index contributed by atoms with van der Waals surface area (Å²) < 4.78 is 6.00. The molecule has 0 saturated carbocycles. The molecule has 2 aromatic rings. The second-order valence-electron chi connectivity index (χ2n) is 8.70. The lowest BCUT2D eigenvalue weighted by Crippen LogP contribution is -2.38. The molecule has 5 heteroatoms. The number of unbranched alkanes of at least 4 members (excludes halogenated alkanes) is 2. The van der Waals surface area contributed by atoms with Crippen LogP contribution < -0.4 is 4.74 Å². The molecule has 4 nitrogen and oxygen atoms in total. The zero-order valence-electron chi connectivity index (χ0n) is 20.9. The largest absolute Gasteiger partial charge is 0.457 e. The lowest BCUT2D eigenvalue weighted by Gasteiger charge is -2.30. The fourth-order valence-corrected chi connectivity index (χ4v) is 4.13. The first-order valence-electron chi connectivity index (χ1n) is 12.5. The molecule has 182 valence electrons. The van der Waals surface area contributed by atoms with Crippen molar-refractivity contribution < 1.29 is 9.53 Å². The third kappa shape index (κ3) is 9.77. The molecule has 0 aliphatic rings. The van der Waals surface area contributed by atoms with Crippen molar-refractivity contribution in [2.75, 3.05) is 19.6 Å². The molecule has 0 aliphatic heterocycles. The van der Waals surface area contributed by atoms with Crippen LogP contribution in [-0.4, -0.2) is 41.4 Å². The minimum absolute atomic E-state index is 0.204. The number of benzene rings is 2. The molecule has 0 aliphatic carbocycles. The second kappa shape index (κ2) is 15.0. The van der Waals surface area contributed by atoms with E-state index in [0.29, 0.717) is 18.0 Å². The van der Waals surface area contributed by atoms with Crippen LogP contribution in [0.2, 0.25) is 5.02 Å². The fraction of sp³-hybridized carbons (Fsp3) is 0.536. The summed E-state index contributed by atoms with van der Waals surface area (Å²) >= 11 is 5.98. The maximum Gasteiger partial charge on any atom is 0.223 e. The van der Waals surface area contributed by atoms with Gasteiger partial charge in [0, 0.05) is 24.0 Å². The van der Waals surface area contributed by atoms with Gasteiger partial charge in [-0.05, 0) is 87.8 Å². The quantitative estimate of drug-likeness (QED) is 0.251. The number of nitrogens with zero attached hydrogens (tertiary/aromatic N) is 2.